The molecule has 1 aromatic carbocycles. The van der Waals surface area contributed by atoms with Gasteiger partial charge in [-0.15, -0.1) is 0 Å². The standard InChI is InChI=1S/C16H23NO2/c1-12(17-7-2-3-13(10-17)11-18)15-5-4-14-6-8-19-16(14)9-15/h4-5,9,12-13,18H,2-3,6-8,10-11H2,1H3. The second-order valence-electron chi connectivity index (χ2n) is 5.83. The Labute approximate surface area is 115 Å². The molecule has 2 unspecified atom stereocenters. The van der Waals surface area contributed by atoms with E-state index < -0.39 is 0 Å². The Bertz CT molecular complexity index is 446. The highest BCUT2D eigenvalue weighted by atomic mass is 16.5. The fourth-order valence-corrected chi connectivity index (χ4v) is 3.25. The first-order valence-electron chi connectivity index (χ1n) is 7.38. The highest BCUT2D eigenvalue weighted by Crippen LogP contribution is 2.32. The maximum atomic E-state index is 9.34. The zero-order valence-electron chi connectivity index (χ0n) is 11.6. The number of rotatable bonds is 3. The number of aliphatic hydroxyl groups is 1. The van der Waals surface area contributed by atoms with Gasteiger partial charge in [0.2, 0.25) is 0 Å². The molecule has 3 nitrogen and oxygen atoms in total. The normalized spacial score (nSPS) is 24.8. The third kappa shape index (κ3) is 2.63. The number of aliphatic hydroxyl groups excluding tert-OH is 1. The Kier molecular flexibility index (Phi) is 3.76. The number of benzene rings is 1. The maximum Gasteiger partial charge on any atom is 0.122 e. The summed E-state index contributed by atoms with van der Waals surface area (Å²) >= 11 is 0. The van der Waals surface area contributed by atoms with Crippen molar-refractivity contribution in [1.29, 1.82) is 0 Å². The summed E-state index contributed by atoms with van der Waals surface area (Å²) in [4.78, 5) is 2.49. The molecule has 0 saturated carbocycles. The van der Waals surface area contributed by atoms with E-state index in [0.717, 1.165) is 38.3 Å². The summed E-state index contributed by atoms with van der Waals surface area (Å²) in [6, 6.07) is 7.06. The first-order valence-corrected chi connectivity index (χ1v) is 7.38. The van der Waals surface area contributed by atoms with Crippen molar-refractivity contribution in [3.05, 3.63) is 29.3 Å². The molecule has 0 amide bonds. The van der Waals surface area contributed by atoms with Gasteiger partial charge in [0.1, 0.15) is 5.75 Å². The molecule has 3 heteroatoms. The van der Waals surface area contributed by atoms with E-state index in [9.17, 15) is 5.11 Å². The van der Waals surface area contributed by atoms with Crippen LogP contribution in [0.1, 0.15) is 36.9 Å². The third-order valence-corrected chi connectivity index (χ3v) is 4.56. The predicted octanol–water partition coefficient (Wildman–Crippen LogP) is 2.39. The molecule has 104 valence electrons. The smallest absolute Gasteiger partial charge is 0.122 e. The molecule has 2 aliphatic heterocycles. The molecule has 0 aromatic heterocycles. The highest BCUT2D eigenvalue weighted by molar-refractivity contribution is 5.41. The molecule has 0 spiro atoms. The van der Waals surface area contributed by atoms with Crippen LogP contribution in [0.2, 0.25) is 0 Å². The average Bonchev–Trinajstić information content (AvgIpc) is 2.94. The topological polar surface area (TPSA) is 32.7 Å². The Hall–Kier alpha value is -1.06. The van der Waals surface area contributed by atoms with Gasteiger partial charge in [-0.05, 0) is 49.4 Å². The monoisotopic (exact) mass is 261 g/mol. The molecule has 2 aliphatic rings. The fourth-order valence-electron chi connectivity index (χ4n) is 3.25. The number of piperidine rings is 1. The molecule has 0 aliphatic carbocycles. The molecule has 0 radical (unpaired) electrons. The quantitative estimate of drug-likeness (QED) is 0.907. The minimum atomic E-state index is 0.316. The van der Waals surface area contributed by atoms with Crippen molar-refractivity contribution in [3.8, 4) is 5.75 Å². The third-order valence-electron chi connectivity index (χ3n) is 4.56. The van der Waals surface area contributed by atoms with Crippen LogP contribution in [-0.4, -0.2) is 36.3 Å². The van der Waals surface area contributed by atoms with Crippen molar-refractivity contribution >= 4 is 0 Å². The van der Waals surface area contributed by atoms with E-state index in [1.54, 1.807) is 0 Å². The van der Waals surface area contributed by atoms with Gasteiger partial charge in [-0.3, -0.25) is 4.90 Å². The molecule has 1 saturated heterocycles. The summed E-state index contributed by atoms with van der Waals surface area (Å²) in [5.41, 5.74) is 2.67. The van der Waals surface area contributed by atoms with E-state index in [4.69, 9.17) is 4.74 Å². The van der Waals surface area contributed by atoms with Crippen LogP contribution in [0.15, 0.2) is 18.2 Å². The van der Waals surface area contributed by atoms with E-state index >= 15 is 0 Å². The minimum absolute atomic E-state index is 0.316. The maximum absolute atomic E-state index is 9.34. The van der Waals surface area contributed by atoms with Gasteiger partial charge in [-0.1, -0.05) is 12.1 Å². The molecule has 1 N–H and O–H groups in total. The number of hydrogen-bond acceptors (Lipinski definition) is 3. The van der Waals surface area contributed by atoms with Crippen molar-refractivity contribution < 1.29 is 9.84 Å². The van der Waals surface area contributed by atoms with Crippen LogP contribution >= 0.6 is 0 Å². The molecule has 3 rings (SSSR count). The lowest BCUT2D eigenvalue weighted by atomic mass is 9.95. The van der Waals surface area contributed by atoms with Gasteiger partial charge in [-0.2, -0.15) is 0 Å². The van der Waals surface area contributed by atoms with Crippen LogP contribution in [0.3, 0.4) is 0 Å². The highest BCUT2D eigenvalue weighted by Gasteiger charge is 2.24. The lowest BCUT2D eigenvalue weighted by molar-refractivity contribution is 0.0935. The van der Waals surface area contributed by atoms with E-state index in [2.05, 4.69) is 30.0 Å². The molecular weight excluding hydrogens is 238 g/mol. The van der Waals surface area contributed by atoms with Crippen LogP contribution in [-0.2, 0) is 6.42 Å². The average molecular weight is 261 g/mol. The van der Waals surface area contributed by atoms with E-state index in [1.807, 2.05) is 0 Å². The van der Waals surface area contributed by atoms with E-state index in [-0.39, 0.29) is 0 Å². The molecule has 0 bridgehead atoms. The van der Waals surface area contributed by atoms with Gasteiger partial charge in [0.25, 0.3) is 0 Å². The molecule has 2 atom stereocenters. The first kappa shape index (κ1) is 12.9. The van der Waals surface area contributed by atoms with Crippen molar-refractivity contribution in [1.82, 2.24) is 4.90 Å². The van der Waals surface area contributed by atoms with E-state index in [1.165, 1.54) is 17.5 Å². The zero-order chi connectivity index (χ0) is 13.2. The largest absolute Gasteiger partial charge is 0.493 e. The van der Waals surface area contributed by atoms with Crippen LogP contribution in [0.5, 0.6) is 5.75 Å². The summed E-state index contributed by atoms with van der Waals surface area (Å²) in [6.07, 6.45) is 3.39. The fraction of sp³-hybridized carbons (Fsp3) is 0.625. The second kappa shape index (κ2) is 5.51. The Morgan fingerprint density at radius 3 is 3.21 bits per heavy atom. The van der Waals surface area contributed by atoms with Crippen molar-refractivity contribution in [2.75, 3.05) is 26.3 Å². The predicted molar refractivity (Wildman–Crippen MR) is 75.4 cm³/mol. The van der Waals surface area contributed by atoms with Gasteiger partial charge < -0.3 is 9.84 Å². The summed E-state index contributed by atoms with van der Waals surface area (Å²) in [5.74, 6) is 1.52. The summed E-state index contributed by atoms with van der Waals surface area (Å²) in [5, 5.41) is 9.34. The minimum Gasteiger partial charge on any atom is -0.493 e. The van der Waals surface area contributed by atoms with Crippen LogP contribution in [0, 0.1) is 5.92 Å². The lowest BCUT2D eigenvalue weighted by Gasteiger charge is -2.36. The van der Waals surface area contributed by atoms with Gasteiger partial charge >= 0.3 is 0 Å². The molecular formula is C16H23NO2. The van der Waals surface area contributed by atoms with Crippen molar-refractivity contribution in [3.63, 3.8) is 0 Å². The molecule has 2 heterocycles. The summed E-state index contributed by atoms with van der Waals surface area (Å²) in [7, 11) is 0. The summed E-state index contributed by atoms with van der Waals surface area (Å²) in [6.45, 7) is 5.54. The van der Waals surface area contributed by atoms with Crippen molar-refractivity contribution in [2.24, 2.45) is 5.92 Å². The molecule has 19 heavy (non-hydrogen) atoms. The zero-order valence-corrected chi connectivity index (χ0v) is 11.6. The number of fused-ring (bicyclic) bond motifs is 1. The van der Waals surface area contributed by atoms with Crippen molar-refractivity contribution in [2.45, 2.75) is 32.2 Å². The van der Waals surface area contributed by atoms with Crippen LogP contribution in [0.4, 0.5) is 0 Å². The Morgan fingerprint density at radius 2 is 2.37 bits per heavy atom. The van der Waals surface area contributed by atoms with Gasteiger partial charge in [0, 0.05) is 25.6 Å². The second-order valence-corrected chi connectivity index (χ2v) is 5.83. The van der Waals surface area contributed by atoms with Gasteiger partial charge in [-0.25, -0.2) is 0 Å². The lowest BCUT2D eigenvalue weighted by Crippen LogP contribution is -2.38. The number of nitrogens with zero attached hydrogens (tertiary/aromatic N) is 1. The van der Waals surface area contributed by atoms with Crippen LogP contribution < -0.4 is 4.74 Å². The summed E-state index contributed by atoms with van der Waals surface area (Å²) < 4.78 is 5.66. The van der Waals surface area contributed by atoms with Gasteiger partial charge in [0.05, 0.1) is 6.61 Å². The SMILES string of the molecule is CC(c1ccc2c(c1)OCC2)N1CCCC(CO)C1. The number of likely N-dealkylation sites (tertiary alicyclic amines) is 1. The number of ether oxygens (including phenoxy) is 1. The number of hydrogen-bond donors (Lipinski definition) is 1. The Morgan fingerprint density at radius 1 is 1.47 bits per heavy atom. The van der Waals surface area contributed by atoms with E-state index in [0.29, 0.717) is 18.6 Å². The molecule has 1 aromatic rings. The van der Waals surface area contributed by atoms with Gasteiger partial charge in [0.15, 0.2) is 0 Å². The van der Waals surface area contributed by atoms with Crippen LogP contribution in [0.25, 0.3) is 0 Å². The molecule has 1 fully saturated rings. The Balaban J connectivity index is 1.74. The first-order chi connectivity index (χ1) is 9.28.